The molecule has 2 aliphatic rings. The Morgan fingerprint density at radius 2 is 2.15 bits per heavy atom. The molecule has 2 aliphatic carbocycles. The van der Waals surface area contributed by atoms with Crippen LogP contribution < -0.4 is 0 Å². The second-order valence-corrected chi connectivity index (χ2v) is 7.32. The number of hydrogen-bond donors (Lipinski definition) is 0. The minimum absolute atomic E-state index is 0. The molecule has 0 bridgehead atoms. The standard InChI is InChI=1S/C7H9.C5H5.Zr.2H/c1-6-4-3-5-7(6)2;1-2-4-5-3-1;;;/h4H,3H2,1-2H3;1-3H,4H2;;;/q;;;2*-1. The van der Waals surface area contributed by atoms with Gasteiger partial charge in [0.25, 0.3) is 0 Å². The molecular formula is C12H16Zr-2. The molecule has 0 aliphatic heterocycles. The van der Waals surface area contributed by atoms with Crippen molar-refractivity contribution in [2.45, 2.75) is 26.7 Å². The van der Waals surface area contributed by atoms with Crippen molar-refractivity contribution >= 4 is 0 Å². The molecule has 0 spiro atoms. The zero-order chi connectivity index (χ0) is 9.26. The molecule has 0 aromatic rings. The fourth-order valence-corrected chi connectivity index (χ4v) is 5.06. The summed E-state index contributed by atoms with van der Waals surface area (Å²) in [4.78, 5) is 0. The van der Waals surface area contributed by atoms with Gasteiger partial charge >= 0.3 is 91.9 Å². The predicted molar refractivity (Wildman–Crippen MR) is 55.1 cm³/mol. The van der Waals surface area contributed by atoms with Gasteiger partial charge in [0.1, 0.15) is 0 Å². The summed E-state index contributed by atoms with van der Waals surface area (Å²) in [5, 5.41) is 0. The van der Waals surface area contributed by atoms with Crippen molar-refractivity contribution in [3.63, 3.8) is 0 Å². The largest absolute Gasteiger partial charge is 1.00 e. The second kappa shape index (κ2) is 3.92. The van der Waals surface area contributed by atoms with E-state index in [0.29, 0.717) is 0 Å². The zero-order valence-electron chi connectivity index (χ0n) is 10.2. The molecule has 0 heterocycles. The predicted octanol–water partition coefficient (Wildman–Crippen LogP) is 3.76. The maximum Gasteiger partial charge on any atom is -1.00 e. The van der Waals surface area contributed by atoms with E-state index in [-0.39, 0.29) is 26.1 Å². The molecule has 0 N–H and O–H groups in total. The summed E-state index contributed by atoms with van der Waals surface area (Å²) in [5.74, 6) is 0. The fraction of sp³-hybridized carbons (Fsp3) is 0.333. The van der Waals surface area contributed by atoms with Gasteiger partial charge in [0.05, 0.1) is 0 Å². The van der Waals surface area contributed by atoms with Crippen molar-refractivity contribution in [1.82, 2.24) is 0 Å². The van der Waals surface area contributed by atoms with Crippen LogP contribution in [-0.4, -0.2) is 0 Å². The van der Waals surface area contributed by atoms with E-state index in [1.165, 1.54) is 18.4 Å². The van der Waals surface area contributed by atoms with Crippen LogP contribution in [0.2, 0.25) is 0 Å². The van der Waals surface area contributed by atoms with Crippen molar-refractivity contribution in [2.24, 2.45) is 0 Å². The van der Waals surface area contributed by atoms with E-state index < -0.39 is 0 Å². The topological polar surface area (TPSA) is 0 Å². The minimum atomic E-state index is -0.375. The van der Waals surface area contributed by atoms with Crippen LogP contribution in [0, 0.1) is 0 Å². The van der Waals surface area contributed by atoms with E-state index in [1.807, 2.05) is 0 Å². The molecule has 0 amide bonds. The first kappa shape index (κ1) is 9.40. The van der Waals surface area contributed by atoms with Gasteiger partial charge in [-0.25, -0.2) is 0 Å². The van der Waals surface area contributed by atoms with Crippen LogP contribution in [0.1, 0.15) is 29.5 Å². The summed E-state index contributed by atoms with van der Waals surface area (Å²) >= 11 is -0.375. The average Bonchev–Trinajstić information content (AvgIpc) is 2.71. The van der Waals surface area contributed by atoms with Crippen LogP contribution in [0.3, 0.4) is 0 Å². The smallest absolute Gasteiger partial charge is 1.00 e. The molecule has 1 heteroatoms. The van der Waals surface area contributed by atoms with Crippen LogP contribution >= 0.6 is 0 Å². The Morgan fingerprint density at radius 1 is 1.31 bits per heavy atom. The Labute approximate surface area is 94.6 Å². The Bertz CT molecular complexity index is 349. The first-order valence-corrected chi connectivity index (χ1v) is 7.23. The van der Waals surface area contributed by atoms with E-state index in [9.17, 15) is 0 Å². The maximum atomic E-state index is 2.38. The van der Waals surface area contributed by atoms with Crippen molar-refractivity contribution in [2.75, 3.05) is 0 Å². The van der Waals surface area contributed by atoms with Gasteiger partial charge in [-0.2, -0.15) is 0 Å². The molecule has 0 atom stereocenters. The molecule has 0 saturated heterocycles. The molecule has 0 nitrogen and oxygen atoms in total. The average molecular weight is 251 g/mol. The van der Waals surface area contributed by atoms with Crippen LogP contribution in [0.25, 0.3) is 0 Å². The molecule has 0 aromatic carbocycles. The molecule has 0 saturated carbocycles. The Kier molecular flexibility index (Phi) is 2.84. The summed E-state index contributed by atoms with van der Waals surface area (Å²) in [6, 6.07) is 0. The first-order chi connectivity index (χ1) is 6.27. The van der Waals surface area contributed by atoms with E-state index >= 15 is 0 Å². The molecule has 13 heavy (non-hydrogen) atoms. The van der Waals surface area contributed by atoms with Crippen LogP contribution in [0.4, 0.5) is 0 Å². The summed E-state index contributed by atoms with van der Waals surface area (Å²) in [5.41, 5.74) is 3.11. The number of rotatable bonds is 2. The van der Waals surface area contributed by atoms with E-state index in [4.69, 9.17) is 0 Å². The quantitative estimate of drug-likeness (QED) is 0.701. The summed E-state index contributed by atoms with van der Waals surface area (Å²) in [7, 11) is 0. The van der Waals surface area contributed by atoms with Gasteiger partial charge in [0.15, 0.2) is 0 Å². The third-order valence-electron chi connectivity index (χ3n) is 2.74. The molecular weight excluding hydrogens is 235 g/mol. The minimum Gasteiger partial charge on any atom is -1.00 e. The fourth-order valence-electron chi connectivity index (χ4n) is 1.68. The second-order valence-electron chi connectivity index (χ2n) is 3.64. The molecule has 2 rings (SSSR count). The van der Waals surface area contributed by atoms with Crippen LogP contribution in [0.15, 0.2) is 42.0 Å². The van der Waals surface area contributed by atoms with Crippen molar-refractivity contribution in [1.29, 1.82) is 0 Å². The normalized spacial score (nSPS) is 20.8. The molecule has 0 aromatic heterocycles. The van der Waals surface area contributed by atoms with E-state index in [1.54, 1.807) is 12.1 Å². The van der Waals surface area contributed by atoms with Gasteiger partial charge in [0, 0.05) is 0 Å². The van der Waals surface area contributed by atoms with E-state index in [0.717, 1.165) is 0 Å². The van der Waals surface area contributed by atoms with Crippen molar-refractivity contribution in [3.8, 4) is 0 Å². The summed E-state index contributed by atoms with van der Waals surface area (Å²) < 4.78 is 3.53. The van der Waals surface area contributed by atoms with E-state index in [2.05, 4.69) is 38.2 Å². The Hall–Kier alpha value is -0.157. The van der Waals surface area contributed by atoms with Gasteiger partial charge in [0.2, 0.25) is 0 Å². The first-order valence-electron chi connectivity index (χ1n) is 4.77. The van der Waals surface area contributed by atoms with Crippen LogP contribution in [-0.2, 0) is 23.2 Å². The van der Waals surface area contributed by atoms with Gasteiger partial charge in [-0.3, -0.25) is 0 Å². The van der Waals surface area contributed by atoms with Crippen LogP contribution in [0.5, 0.6) is 0 Å². The number of allylic oxidation sites excluding steroid dienone is 8. The Morgan fingerprint density at radius 3 is 2.69 bits per heavy atom. The summed E-state index contributed by atoms with van der Waals surface area (Å²) in [6.45, 7) is 4.53. The summed E-state index contributed by atoms with van der Waals surface area (Å²) in [6.07, 6.45) is 11.7. The zero-order valence-corrected chi connectivity index (χ0v) is 10.7. The molecule has 70 valence electrons. The van der Waals surface area contributed by atoms with Crippen molar-refractivity contribution < 1.29 is 26.1 Å². The third kappa shape index (κ3) is 2.02. The monoisotopic (exact) mass is 250 g/mol. The maximum absolute atomic E-state index is 2.38. The SMILES string of the molecule is CC1=CC[C]([Zr][C]2=CC=CC2)=C1C.[H-].[H-]. The Balaban J connectivity index is 0.000000980. The van der Waals surface area contributed by atoms with Gasteiger partial charge < -0.3 is 2.85 Å². The van der Waals surface area contributed by atoms with Crippen molar-refractivity contribution in [3.05, 3.63) is 42.0 Å². The molecule has 0 radical (unpaired) electrons. The van der Waals surface area contributed by atoms with Gasteiger partial charge in [-0.05, 0) is 0 Å². The third-order valence-corrected chi connectivity index (χ3v) is 6.61. The number of hydrogen-bond acceptors (Lipinski definition) is 0. The molecule has 0 fully saturated rings. The molecule has 0 unspecified atom stereocenters. The van der Waals surface area contributed by atoms with Gasteiger partial charge in [-0.1, -0.05) is 0 Å². The van der Waals surface area contributed by atoms with Gasteiger partial charge in [-0.15, -0.1) is 0 Å².